The van der Waals surface area contributed by atoms with Crippen LogP contribution in [-0.2, 0) is 13.0 Å². The first kappa shape index (κ1) is 18.1. The van der Waals surface area contributed by atoms with Crippen LogP contribution in [0.3, 0.4) is 0 Å². The Morgan fingerprint density at radius 2 is 2.08 bits per heavy atom. The van der Waals surface area contributed by atoms with Crippen LogP contribution in [0, 0.1) is 0 Å². The highest BCUT2D eigenvalue weighted by Gasteiger charge is 2.15. The maximum Gasteiger partial charge on any atom is 0.322 e. The summed E-state index contributed by atoms with van der Waals surface area (Å²) < 4.78 is 10.6. The van der Waals surface area contributed by atoms with Crippen molar-refractivity contribution in [3.05, 3.63) is 70.8 Å². The lowest BCUT2D eigenvalue weighted by Crippen LogP contribution is -2.35. The van der Waals surface area contributed by atoms with Gasteiger partial charge in [-0.25, -0.2) is 4.79 Å². The molecule has 3 aromatic rings. The van der Waals surface area contributed by atoms with Crippen molar-refractivity contribution in [1.29, 1.82) is 0 Å². The standard InChI is InChI=1S/C20H22N2O3S/c1-2-25-18-7-5-17(6-8-18)21-20(23)22(14-16-10-12-24-15-16)11-9-19-4-3-13-26-19/h3-8,10,12-13,15H,2,9,11,14H2,1H3,(H,21,23). The molecule has 0 unspecified atom stereocenters. The average Bonchev–Trinajstić information content (AvgIpc) is 3.34. The van der Waals surface area contributed by atoms with Gasteiger partial charge in [0.2, 0.25) is 0 Å². The fourth-order valence-electron chi connectivity index (χ4n) is 2.56. The molecule has 2 heterocycles. The number of ether oxygens (including phenoxy) is 1. The molecule has 0 radical (unpaired) electrons. The summed E-state index contributed by atoms with van der Waals surface area (Å²) in [6.07, 6.45) is 4.12. The van der Waals surface area contributed by atoms with E-state index in [1.165, 1.54) is 4.88 Å². The Morgan fingerprint density at radius 3 is 2.73 bits per heavy atom. The highest BCUT2D eigenvalue weighted by molar-refractivity contribution is 7.09. The summed E-state index contributed by atoms with van der Waals surface area (Å²) in [4.78, 5) is 15.8. The van der Waals surface area contributed by atoms with Gasteiger partial charge in [-0.05, 0) is 55.1 Å². The topological polar surface area (TPSA) is 54.7 Å². The highest BCUT2D eigenvalue weighted by Crippen LogP contribution is 2.17. The Bertz CT molecular complexity index is 783. The predicted octanol–water partition coefficient (Wildman–Crippen LogP) is 5.02. The zero-order valence-corrected chi connectivity index (χ0v) is 15.5. The van der Waals surface area contributed by atoms with Crippen molar-refractivity contribution in [3.63, 3.8) is 0 Å². The van der Waals surface area contributed by atoms with Crippen LogP contribution < -0.4 is 10.1 Å². The molecule has 5 nitrogen and oxygen atoms in total. The number of carbonyl (C=O) groups excluding carboxylic acids is 1. The molecule has 2 aromatic heterocycles. The van der Waals surface area contributed by atoms with E-state index < -0.39 is 0 Å². The van der Waals surface area contributed by atoms with Gasteiger partial charge in [-0.3, -0.25) is 0 Å². The second-order valence-electron chi connectivity index (χ2n) is 5.77. The number of furan rings is 1. The summed E-state index contributed by atoms with van der Waals surface area (Å²) in [5, 5.41) is 5.01. The monoisotopic (exact) mass is 370 g/mol. The summed E-state index contributed by atoms with van der Waals surface area (Å²) in [5.41, 5.74) is 1.71. The summed E-state index contributed by atoms with van der Waals surface area (Å²) in [6, 6.07) is 13.3. The molecule has 0 aliphatic carbocycles. The maximum absolute atomic E-state index is 12.8. The van der Waals surface area contributed by atoms with Gasteiger partial charge in [0.1, 0.15) is 5.75 Å². The van der Waals surface area contributed by atoms with Gasteiger partial charge in [0.25, 0.3) is 0 Å². The van der Waals surface area contributed by atoms with E-state index in [-0.39, 0.29) is 6.03 Å². The van der Waals surface area contributed by atoms with Crippen molar-refractivity contribution in [2.24, 2.45) is 0 Å². The van der Waals surface area contributed by atoms with Gasteiger partial charge in [0.15, 0.2) is 0 Å². The maximum atomic E-state index is 12.8. The fourth-order valence-corrected chi connectivity index (χ4v) is 3.26. The van der Waals surface area contributed by atoms with Crippen molar-refractivity contribution >= 4 is 23.1 Å². The summed E-state index contributed by atoms with van der Waals surface area (Å²) in [5.74, 6) is 0.790. The van der Waals surface area contributed by atoms with Crippen molar-refractivity contribution in [1.82, 2.24) is 4.90 Å². The molecule has 0 fully saturated rings. The van der Waals surface area contributed by atoms with Gasteiger partial charge >= 0.3 is 6.03 Å². The number of hydrogen-bond acceptors (Lipinski definition) is 4. The van der Waals surface area contributed by atoms with Crippen LogP contribution in [-0.4, -0.2) is 24.1 Å². The first-order valence-electron chi connectivity index (χ1n) is 8.57. The summed E-state index contributed by atoms with van der Waals surface area (Å²) in [7, 11) is 0. The first-order chi connectivity index (χ1) is 12.7. The third kappa shape index (κ3) is 5.13. The number of rotatable bonds is 8. The first-order valence-corrected chi connectivity index (χ1v) is 9.45. The zero-order valence-electron chi connectivity index (χ0n) is 14.7. The third-order valence-electron chi connectivity index (χ3n) is 3.87. The van der Waals surface area contributed by atoms with Crippen LogP contribution in [0.4, 0.5) is 10.5 Å². The van der Waals surface area contributed by atoms with Crippen LogP contribution >= 0.6 is 11.3 Å². The molecular weight excluding hydrogens is 348 g/mol. The van der Waals surface area contributed by atoms with Gasteiger partial charge in [-0.15, -0.1) is 11.3 Å². The van der Waals surface area contributed by atoms with Crippen molar-refractivity contribution < 1.29 is 13.9 Å². The molecule has 136 valence electrons. The number of carbonyl (C=O) groups is 1. The Morgan fingerprint density at radius 1 is 1.23 bits per heavy atom. The number of amides is 2. The van der Waals surface area contributed by atoms with E-state index in [4.69, 9.17) is 9.15 Å². The van der Waals surface area contributed by atoms with Crippen molar-refractivity contribution in [3.8, 4) is 5.75 Å². The second-order valence-corrected chi connectivity index (χ2v) is 6.80. The number of urea groups is 1. The van der Waals surface area contributed by atoms with E-state index in [1.54, 1.807) is 28.8 Å². The SMILES string of the molecule is CCOc1ccc(NC(=O)N(CCc2cccs2)Cc2ccoc2)cc1. The molecule has 2 amide bonds. The number of nitrogens with one attached hydrogen (secondary N) is 1. The predicted molar refractivity (Wildman–Crippen MR) is 104 cm³/mol. The molecule has 1 N–H and O–H groups in total. The Balaban J connectivity index is 1.64. The molecule has 0 aliphatic rings. The van der Waals surface area contributed by atoms with Crippen LogP contribution in [0.5, 0.6) is 5.75 Å². The molecule has 0 bridgehead atoms. The lowest BCUT2D eigenvalue weighted by molar-refractivity contribution is 0.210. The highest BCUT2D eigenvalue weighted by atomic mass is 32.1. The Kier molecular flexibility index (Phi) is 6.33. The van der Waals surface area contributed by atoms with E-state index in [1.807, 2.05) is 43.3 Å². The quantitative estimate of drug-likeness (QED) is 0.606. The molecule has 0 atom stereocenters. The van der Waals surface area contributed by atoms with Crippen LogP contribution in [0.25, 0.3) is 0 Å². The van der Waals surface area contributed by atoms with Crippen LogP contribution in [0.1, 0.15) is 17.4 Å². The normalized spacial score (nSPS) is 10.5. The molecule has 0 spiro atoms. The second kappa shape index (κ2) is 9.10. The van der Waals surface area contributed by atoms with E-state index in [2.05, 4.69) is 16.8 Å². The molecular formula is C20H22N2O3S. The molecule has 0 saturated carbocycles. The number of thiophene rings is 1. The van der Waals surface area contributed by atoms with E-state index in [0.29, 0.717) is 19.7 Å². The summed E-state index contributed by atoms with van der Waals surface area (Å²) in [6.45, 7) is 3.70. The third-order valence-corrected chi connectivity index (χ3v) is 4.80. The molecule has 3 rings (SSSR count). The number of anilines is 1. The lowest BCUT2D eigenvalue weighted by atomic mass is 10.2. The smallest absolute Gasteiger partial charge is 0.322 e. The van der Waals surface area contributed by atoms with E-state index in [9.17, 15) is 4.79 Å². The van der Waals surface area contributed by atoms with Gasteiger partial charge in [0.05, 0.1) is 25.7 Å². The van der Waals surface area contributed by atoms with Gasteiger partial charge in [-0.2, -0.15) is 0 Å². The lowest BCUT2D eigenvalue weighted by Gasteiger charge is -2.22. The summed E-state index contributed by atoms with van der Waals surface area (Å²) >= 11 is 1.70. The number of benzene rings is 1. The minimum absolute atomic E-state index is 0.132. The minimum Gasteiger partial charge on any atom is -0.494 e. The number of nitrogens with zero attached hydrogens (tertiary/aromatic N) is 1. The minimum atomic E-state index is -0.132. The van der Waals surface area contributed by atoms with E-state index >= 15 is 0 Å². The molecule has 1 aromatic carbocycles. The van der Waals surface area contributed by atoms with Gasteiger partial charge in [-0.1, -0.05) is 6.07 Å². The van der Waals surface area contributed by atoms with Crippen molar-refractivity contribution in [2.45, 2.75) is 19.9 Å². The van der Waals surface area contributed by atoms with Crippen molar-refractivity contribution in [2.75, 3.05) is 18.5 Å². The fraction of sp³-hybridized carbons (Fsp3) is 0.250. The average molecular weight is 370 g/mol. The largest absolute Gasteiger partial charge is 0.494 e. The molecule has 26 heavy (non-hydrogen) atoms. The number of hydrogen-bond donors (Lipinski definition) is 1. The van der Waals surface area contributed by atoms with Gasteiger partial charge < -0.3 is 19.4 Å². The Hall–Kier alpha value is -2.73. The molecule has 0 aliphatic heterocycles. The van der Waals surface area contributed by atoms with Crippen LogP contribution in [0.2, 0.25) is 0 Å². The van der Waals surface area contributed by atoms with E-state index in [0.717, 1.165) is 23.4 Å². The van der Waals surface area contributed by atoms with Crippen LogP contribution in [0.15, 0.2) is 64.8 Å². The zero-order chi connectivity index (χ0) is 18.2. The van der Waals surface area contributed by atoms with Gasteiger partial charge in [0, 0.05) is 22.7 Å². The molecule has 0 saturated heterocycles. The molecule has 6 heteroatoms. The Labute approximate surface area is 157 Å².